The van der Waals surface area contributed by atoms with Crippen LogP contribution in [0, 0.1) is 5.92 Å². The molecule has 0 aromatic heterocycles. The van der Waals surface area contributed by atoms with Crippen LogP contribution in [-0.4, -0.2) is 33.7 Å². The Bertz CT molecular complexity index is 419. The maximum atomic E-state index is 12.0. The number of hydrogen-bond acceptors (Lipinski definition) is 4. The van der Waals surface area contributed by atoms with Crippen LogP contribution in [0.25, 0.3) is 0 Å². The zero-order chi connectivity index (χ0) is 24.6. The van der Waals surface area contributed by atoms with Crippen molar-refractivity contribution in [2.24, 2.45) is 5.92 Å². The molecule has 0 rings (SSSR count). The SMILES string of the molecule is CCCCCCCCCCCCCCCCC(CCC[Si](OCC)(OCC)OCC)C(=O)S. The van der Waals surface area contributed by atoms with Crippen molar-refractivity contribution in [3.05, 3.63) is 0 Å². The van der Waals surface area contributed by atoms with Crippen LogP contribution in [0.1, 0.15) is 137 Å². The molecule has 0 aliphatic rings. The average molecular weight is 505 g/mol. The van der Waals surface area contributed by atoms with Crippen LogP contribution in [0.2, 0.25) is 6.04 Å². The third-order valence-corrected chi connectivity index (χ3v) is 9.90. The molecular weight excluding hydrogens is 448 g/mol. The fourth-order valence-electron chi connectivity index (χ4n) is 4.54. The van der Waals surface area contributed by atoms with Crippen molar-refractivity contribution in [2.45, 2.75) is 143 Å². The van der Waals surface area contributed by atoms with Crippen molar-refractivity contribution in [3.63, 3.8) is 0 Å². The zero-order valence-corrected chi connectivity index (χ0v) is 24.4. The molecule has 198 valence electrons. The molecule has 0 aromatic rings. The van der Waals surface area contributed by atoms with Crippen LogP contribution in [-0.2, 0) is 18.1 Å². The average Bonchev–Trinajstić information content (AvgIpc) is 2.78. The van der Waals surface area contributed by atoms with Gasteiger partial charge in [-0.25, -0.2) is 0 Å². The number of carbonyl (C=O) groups is 1. The standard InChI is InChI=1S/C27H56O4SSi/c1-5-9-10-11-12-13-14-15-16-17-18-19-20-21-23-26(27(28)32)24-22-25-33(29-6-2,30-7-3)31-8-4/h26H,5-25H2,1-4H3,(H,28,32). The van der Waals surface area contributed by atoms with Gasteiger partial charge in [0.15, 0.2) is 5.12 Å². The lowest BCUT2D eigenvalue weighted by Crippen LogP contribution is -2.46. The van der Waals surface area contributed by atoms with E-state index in [0.29, 0.717) is 19.8 Å². The van der Waals surface area contributed by atoms with E-state index in [1.54, 1.807) is 0 Å². The van der Waals surface area contributed by atoms with E-state index in [1.807, 2.05) is 20.8 Å². The molecule has 0 fully saturated rings. The predicted octanol–water partition coefficient (Wildman–Crippen LogP) is 8.76. The van der Waals surface area contributed by atoms with Crippen molar-refractivity contribution in [1.29, 1.82) is 0 Å². The smallest absolute Gasteiger partial charge is 0.374 e. The first-order chi connectivity index (χ1) is 16.0. The Morgan fingerprint density at radius 1 is 0.606 bits per heavy atom. The minimum Gasteiger partial charge on any atom is -0.374 e. The lowest BCUT2D eigenvalue weighted by molar-refractivity contribution is -0.114. The normalized spacial score (nSPS) is 12.9. The van der Waals surface area contributed by atoms with Gasteiger partial charge in [-0.05, 0) is 40.0 Å². The van der Waals surface area contributed by atoms with E-state index >= 15 is 0 Å². The van der Waals surface area contributed by atoms with Crippen LogP contribution >= 0.6 is 12.6 Å². The minimum absolute atomic E-state index is 0.0289. The lowest BCUT2D eigenvalue weighted by atomic mass is 9.97. The first-order valence-electron chi connectivity index (χ1n) is 14.2. The Balaban J connectivity index is 3.88. The van der Waals surface area contributed by atoms with Gasteiger partial charge in [-0.15, -0.1) is 12.6 Å². The van der Waals surface area contributed by atoms with Gasteiger partial charge in [-0.1, -0.05) is 96.8 Å². The topological polar surface area (TPSA) is 44.8 Å². The molecule has 0 spiro atoms. The summed E-state index contributed by atoms with van der Waals surface area (Å²) < 4.78 is 17.8. The first-order valence-corrected chi connectivity index (χ1v) is 16.6. The summed E-state index contributed by atoms with van der Waals surface area (Å²) in [6, 6.07) is 0.777. The Labute approximate surface area is 213 Å². The van der Waals surface area contributed by atoms with Gasteiger partial charge in [0.1, 0.15) is 0 Å². The van der Waals surface area contributed by atoms with Gasteiger partial charge in [0, 0.05) is 31.8 Å². The summed E-state index contributed by atoms with van der Waals surface area (Å²) in [5, 5.41) is 0.0289. The van der Waals surface area contributed by atoms with E-state index in [1.165, 1.54) is 83.5 Å². The van der Waals surface area contributed by atoms with Crippen LogP contribution in [0.4, 0.5) is 0 Å². The molecule has 0 amide bonds. The summed E-state index contributed by atoms with van der Waals surface area (Å²) in [5.74, 6) is 0.0437. The molecule has 4 nitrogen and oxygen atoms in total. The molecule has 0 saturated carbocycles. The molecular formula is C27H56O4SSi. The van der Waals surface area contributed by atoms with Gasteiger partial charge in [0.05, 0.1) is 0 Å². The van der Waals surface area contributed by atoms with E-state index < -0.39 is 8.80 Å². The lowest BCUT2D eigenvalue weighted by Gasteiger charge is -2.28. The highest BCUT2D eigenvalue weighted by molar-refractivity contribution is 7.96. The Morgan fingerprint density at radius 2 is 0.970 bits per heavy atom. The molecule has 6 heteroatoms. The monoisotopic (exact) mass is 504 g/mol. The van der Waals surface area contributed by atoms with Crippen molar-refractivity contribution >= 4 is 26.5 Å². The molecule has 0 bridgehead atoms. The van der Waals surface area contributed by atoms with E-state index in [9.17, 15) is 4.79 Å². The number of rotatable bonds is 26. The fourth-order valence-corrected chi connectivity index (χ4v) is 7.44. The van der Waals surface area contributed by atoms with Gasteiger partial charge < -0.3 is 13.3 Å². The maximum Gasteiger partial charge on any atom is 0.500 e. The number of hydrogen-bond donors (Lipinski definition) is 1. The molecule has 1 atom stereocenters. The maximum absolute atomic E-state index is 12.0. The summed E-state index contributed by atoms with van der Waals surface area (Å²) in [5.41, 5.74) is 0. The van der Waals surface area contributed by atoms with Gasteiger partial charge in [-0.2, -0.15) is 0 Å². The first kappa shape index (κ1) is 33.1. The Kier molecular flexibility index (Phi) is 23.9. The highest BCUT2D eigenvalue weighted by Crippen LogP contribution is 2.25. The number of unbranched alkanes of at least 4 members (excludes halogenated alkanes) is 13. The zero-order valence-electron chi connectivity index (χ0n) is 22.5. The van der Waals surface area contributed by atoms with Gasteiger partial charge in [0.25, 0.3) is 0 Å². The molecule has 0 aliphatic heterocycles. The van der Waals surface area contributed by atoms with Gasteiger partial charge in [0.2, 0.25) is 0 Å². The fraction of sp³-hybridized carbons (Fsp3) is 0.963. The summed E-state index contributed by atoms with van der Waals surface area (Å²) in [7, 11) is -2.61. The number of carbonyl (C=O) groups excluding carboxylic acids is 1. The molecule has 0 aromatic carbocycles. The third-order valence-electron chi connectivity index (χ3n) is 6.38. The highest BCUT2D eigenvalue weighted by Gasteiger charge is 2.39. The second kappa shape index (κ2) is 23.8. The minimum atomic E-state index is -2.61. The van der Waals surface area contributed by atoms with Crippen molar-refractivity contribution in [2.75, 3.05) is 19.8 Å². The van der Waals surface area contributed by atoms with Crippen LogP contribution < -0.4 is 0 Å². The molecule has 0 N–H and O–H groups in total. The van der Waals surface area contributed by atoms with Crippen LogP contribution in [0.5, 0.6) is 0 Å². The molecule has 33 heavy (non-hydrogen) atoms. The molecule has 0 radical (unpaired) electrons. The molecule has 1 unspecified atom stereocenters. The molecule has 0 saturated heterocycles. The van der Waals surface area contributed by atoms with Crippen molar-refractivity contribution in [3.8, 4) is 0 Å². The molecule has 0 heterocycles. The van der Waals surface area contributed by atoms with E-state index in [0.717, 1.165) is 31.7 Å². The van der Waals surface area contributed by atoms with Gasteiger partial charge >= 0.3 is 8.80 Å². The molecule has 0 aliphatic carbocycles. The Hall–Kier alpha value is 0.117. The van der Waals surface area contributed by atoms with Crippen molar-refractivity contribution in [1.82, 2.24) is 0 Å². The second-order valence-corrected chi connectivity index (χ2v) is 12.5. The van der Waals surface area contributed by atoms with Gasteiger partial charge in [-0.3, -0.25) is 4.79 Å². The summed E-state index contributed by atoms with van der Waals surface area (Å²) in [6.07, 6.45) is 21.7. The summed E-state index contributed by atoms with van der Waals surface area (Å²) >= 11 is 4.16. The highest BCUT2D eigenvalue weighted by atomic mass is 32.1. The van der Waals surface area contributed by atoms with E-state index in [-0.39, 0.29) is 11.0 Å². The van der Waals surface area contributed by atoms with E-state index in [4.69, 9.17) is 13.3 Å². The van der Waals surface area contributed by atoms with Crippen molar-refractivity contribution < 1.29 is 18.1 Å². The van der Waals surface area contributed by atoms with Crippen LogP contribution in [0.3, 0.4) is 0 Å². The number of thiol groups is 1. The van der Waals surface area contributed by atoms with Crippen LogP contribution in [0.15, 0.2) is 0 Å². The predicted molar refractivity (Wildman–Crippen MR) is 147 cm³/mol. The third kappa shape index (κ3) is 19.0. The van der Waals surface area contributed by atoms with E-state index in [2.05, 4.69) is 19.6 Å². The largest absolute Gasteiger partial charge is 0.500 e. The summed E-state index contributed by atoms with van der Waals surface area (Å²) in [6.45, 7) is 10.0. The summed E-state index contributed by atoms with van der Waals surface area (Å²) in [4.78, 5) is 12.0. The Morgan fingerprint density at radius 3 is 1.33 bits per heavy atom. The second-order valence-electron chi connectivity index (χ2n) is 9.29. The quantitative estimate of drug-likeness (QED) is 0.0726.